The monoisotopic (exact) mass is 372 g/mol. The average Bonchev–Trinajstić information content (AvgIpc) is 2.55. The second kappa shape index (κ2) is 10.3. The third-order valence-corrected chi connectivity index (χ3v) is 2.59. The zero-order chi connectivity index (χ0) is 18.3. The van der Waals surface area contributed by atoms with Crippen LogP contribution in [-0.2, 0) is 0 Å². The minimum absolute atomic E-state index is 0. The van der Waals surface area contributed by atoms with Gasteiger partial charge in [0.05, 0.1) is 21.8 Å². The number of rotatable bonds is 4. The van der Waals surface area contributed by atoms with Crippen LogP contribution in [0.15, 0.2) is 48.5 Å². The molecule has 0 unspecified atom stereocenters. The van der Waals surface area contributed by atoms with E-state index in [1.807, 2.05) is 0 Å². The number of aromatic carboxylic acids is 2. The van der Waals surface area contributed by atoms with E-state index in [0.29, 0.717) is 0 Å². The van der Waals surface area contributed by atoms with Gasteiger partial charge in [0.2, 0.25) is 0 Å². The molecule has 0 aliphatic carbocycles. The minimum Gasteiger partial charge on any atom is -0.545 e. The summed E-state index contributed by atoms with van der Waals surface area (Å²) in [5.41, 5.74) is -0.887. The number of hydrogen-bond donors (Lipinski definition) is 0. The van der Waals surface area contributed by atoms with Crippen LogP contribution in [0.5, 0.6) is 0 Å². The Morgan fingerprint density at radius 3 is 1.28 bits per heavy atom. The molecule has 0 radical (unpaired) electrons. The van der Waals surface area contributed by atoms with Gasteiger partial charge in [0, 0.05) is 35.4 Å². The van der Waals surface area contributed by atoms with E-state index in [-0.39, 0.29) is 60.2 Å². The standard InChI is InChI=1S/2C7H5NO4.Ca/c2*9-7(10)5-2-1-3-6(4-5)8(11)12;/h2*1-4H,(H,9,10);/q;;+2/p-2. The van der Waals surface area contributed by atoms with Crippen LogP contribution in [0.25, 0.3) is 0 Å². The van der Waals surface area contributed by atoms with E-state index < -0.39 is 21.8 Å². The fourth-order valence-electron chi connectivity index (χ4n) is 1.49. The summed E-state index contributed by atoms with van der Waals surface area (Å²) in [5, 5.41) is 40.8. The first-order valence-corrected chi connectivity index (χ1v) is 6.14. The Labute approximate surface area is 170 Å². The van der Waals surface area contributed by atoms with Crippen LogP contribution in [-0.4, -0.2) is 59.5 Å². The number of carboxylic acid groups (broad SMARTS) is 2. The van der Waals surface area contributed by atoms with Gasteiger partial charge in [0.25, 0.3) is 11.4 Å². The van der Waals surface area contributed by atoms with Crippen LogP contribution in [0.2, 0.25) is 0 Å². The maximum absolute atomic E-state index is 10.2. The Balaban J connectivity index is 0.000000443. The van der Waals surface area contributed by atoms with E-state index >= 15 is 0 Å². The number of nitro groups is 2. The molecule has 0 spiro atoms. The second-order valence-corrected chi connectivity index (χ2v) is 4.19. The van der Waals surface area contributed by atoms with Crippen molar-refractivity contribution in [2.75, 3.05) is 0 Å². The molecule has 0 aromatic heterocycles. The molecule has 0 atom stereocenters. The van der Waals surface area contributed by atoms with Crippen LogP contribution in [0, 0.1) is 20.2 Å². The van der Waals surface area contributed by atoms with E-state index in [1.54, 1.807) is 0 Å². The fourth-order valence-corrected chi connectivity index (χ4v) is 1.49. The minimum atomic E-state index is -1.42. The molecule has 124 valence electrons. The maximum atomic E-state index is 10.2. The van der Waals surface area contributed by atoms with E-state index in [1.165, 1.54) is 36.4 Å². The molecule has 0 bridgehead atoms. The summed E-state index contributed by atoms with van der Waals surface area (Å²) < 4.78 is 0. The first kappa shape index (κ1) is 22.4. The Morgan fingerprint density at radius 2 is 1.04 bits per heavy atom. The van der Waals surface area contributed by atoms with Gasteiger partial charge >= 0.3 is 37.7 Å². The second-order valence-electron chi connectivity index (χ2n) is 4.19. The largest absolute Gasteiger partial charge is 2.00 e. The average molecular weight is 372 g/mol. The Bertz CT molecular complexity index is 683. The third-order valence-electron chi connectivity index (χ3n) is 2.59. The summed E-state index contributed by atoms with van der Waals surface area (Å²) in [6.07, 6.45) is 0. The summed E-state index contributed by atoms with van der Waals surface area (Å²) in [6.45, 7) is 0. The number of benzene rings is 2. The molecule has 2 aromatic rings. The molecule has 10 nitrogen and oxygen atoms in total. The predicted molar refractivity (Wildman–Crippen MR) is 80.6 cm³/mol. The summed E-state index contributed by atoms with van der Waals surface area (Å²) >= 11 is 0. The maximum Gasteiger partial charge on any atom is 2.00 e. The van der Waals surface area contributed by atoms with Crippen LogP contribution >= 0.6 is 0 Å². The molecule has 25 heavy (non-hydrogen) atoms. The number of carbonyl (C=O) groups excluding carboxylic acids is 2. The smallest absolute Gasteiger partial charge is 0.545 e. The van der Waals surface area contributed by atoms with Gasteiger partial charge in [0.1, 0.15) is 0 Å². The Kier molecular flexibility index (Phi) is 9.28. The topological polar surface area (TPSA) is 167 Å². The molecule has 0 aliphatic heterocycles. The van der Waals surface area contributed by atoms with E-state index in [4.69, 9.17) is 0 Å². The molecule has 0 N–H and O–H groups in total. The van der Waals surface area contributed by atoms with Gasteiger partial charge in [-0.1, -0.05) is 24.3 Å². The molecule has 0 saturated carbocycles. The van der Waals surface area contributed by atoms with Gasteiger partial charge in [-0.15, -0.1) is 0 Å². The van der Waals surface area contributed by atoms with Crippen molar-refractivity contribution in [2.24, 2.45) is 0 Å². The van der Waals surface area contributed by atoms with E-state index in [0.717, 1.165) is 12.1 Å². The SMILES string of the molecule is O=C([O-])c1cccc([N+](=O)[O-])c1.O=C([O-])c1cccc([N+](=O)[O-])c1.[Ca+2]. The summed E-state index contributed by atoms with van der Waals surface area (Å²) in [6, 6.07) is 9.40. The summed E-state index contributed by atoms with van der Waals surface area (Å²) in [5.74, 6) is -2.84. The number of nitrogens with zero attached hydrogens (tertiary/aromatic N) is 2. The number of hydrogen-bond acceptors (Lipinski definition) is 8. The molecule has 0 fully saturated rings. The van der Waals surface area contributed by atoms with Crippen LogP contribution in [0.1, 0.15) is 20.7 Å². The normalized spacial score (nSPS) is 8.96. The number of nitro benzene ring substituents is 2. The van der Waals surface area contributed by atoms with Crippen molar-refractivity contribution in [3.8, 4) is 0 Å². The molecule has 2 aromatic carbocycles. The number of non-ortho nitro benzene ring substituents is 2. The van der Waals surface area contributed by atoms with Crippen molar-refractivity contribution in [2.45, 2.75) is 0 Å². The zero-order valence-corrected chi connectivity index (χ0v) is 14.7. The van der Waals surface area contributed by atoms with Gasteiger partial charge < -0.3 is 19.8 Å². The molecular weight excluding hydrogens is 364 g/mol. The molecule has 11 heteroatoms. The number of carboxylic acids is 2. The van der Waals surface area contributed by atoms with Gasteiger partial charge in [-0.3, -0.25) is 20.2 Å². The molecule has 2 rings (SSSR count). The van der Waals surface area contributed by atoms with Crippen LogP contribution < -0.4 is 10.2 Å². The van der Waals surface area contributed by atoms with Crippen LogP contribution in [0.4, 0.5) is 11.4 Å². The number of carbonyl (C=O) groups is 2. The third kappa shape index (κ3) is 7.25. The van der Waals surface area contributed by atoms with Crippen molar-refractivity contribution in [3.05, 3.63) is 79.9 Å². The van der Waals surface area contributed by atoms with Crippen molar-refractivity contribution in [3.63, 3.8) is 0 Å². The zero-order valence-electron chi connectivity index (χ0n) is 12.5. The van der Waals surface area contributed by atoms with E-state index in [2.05, 4.69) is 0 Å². The van der Waals surface area contributed by atoms with Crippen molar-refractivity contribution in [1.82, 2.24) is 0 Å². The molecule has 0 saturated heterocycles. The van der Waals surface area contributed by atoms with Gasteiger partial charge in [-0.2, -0.15) is 0 Å². The fraction of sp³-hybridized carbons (Fsp3) is 0. The molecule has 0 amide bonds. The van der Waals surface area contributed by atoms with E-state index in [9.17, 15) is 40.0 Å². The molecule has 0 aliphatic rings. The van der Waals surface area contributed by atoms with Crippen molar-refractivity contribution >= 4 is 61.1 Å². The molecular formula is C14H8CaN2O8. The predicted octanol–water partition coefficient (Wildman–Crippen LogP) is -0.464. The van der Waals surface area contributed by atoms with Crippen molar-refractivity contribution < 1.29 is 29.6 Å². The first-order chi connectivity index (χ1) is 11.2. The summed E-state index contributed by atoms with van der Waals surface area (Å²) in [7, 11) is 0. The molecule has 0 heterocycles. The Morgan fingerprint density at radius 1 is 0.720 bits per heavy atom. The van der Waals surface area contributed by atoms with Gasteiger partial charge in [0.15, 0.2) is 0 Å². The Hall–Kier alpha value is -2.56. The summed E-state index contributed by atoms with van der Waals surface area (Å²) in [4.78, 5) is 39.5. The van der Waals surface area contributed by atoms with Gasteiger partial charge in [-0.25, -0.2) is 0 Å². The van der Waals surface area contributed by atoms with Crippen molar-refractivity contribution in [1.29, 1.82) is 0 Å². The quantitative estimate of drug-likeness (QED) is 0.394. The van der Waals surface area contributed by atoms with Crippen LogP contribution in [0.3, 0.4) is 0 Å². The first-order valence-electron chi connectivity index (χ1n) is 6.14. The van der Waals surface area contributed by atoms with Gasteiger partial charge in [-0.05, 0) is 0 Å².